The topological polar surface area (TPSA) is 61.9 Å². The predicted octanol–water partition coefficient (Wildman–Crippen LogP) is 5.70. The first-order valence-electron chi connectivity index (χ1n) is 15.7. The van der Waals surface area contributed by atoms with Gasteiger partial charge in [0.2, 0.25) is 11.7 Å². The third-order valence-electron chi connectivity index (χ3n) is 8.97. The van der Waals surface area contributed by atoms with Crippen molar-refractivity contribution >= 4 is 17.4 Å². The highest BCUT2D eigenvalue weighted by Gasteiger charge is 2.42. The average molecular weight is 618 g/mol. The molecular weight excluding hydrogens is 579 g/mol. The minimum absolute atomic E-state index is 0.0149. The molecule has 9 heteroatoms. The number of rotatable bonds is 11. The average Bonchev–Trinajstić information content (AvgIpc) is 3.88. The Morgan fingerprint density at radius 3 is 2.33 bits per heavy atom. The molecule has 0 radical (unpaired) electrons. The summed E-state index contributed by atoms with van der Waals surface area (Å²) in [5.74, 6) is -4.05. The molecule has 2 fully saturated rings. The smallest absolute Gasteiger partial charge is 0.252 e. The van der Waals surface area contributed by atoms with Crippen LogP contribution >= 0.6 is 0 Å². The van der Waals surface area contributed by atoms with Gasteiger partial charge in [-0.3, -0.25) is 9.59 Å². The lowest BCUT2D eigenvalue weighted by Crippen LogP contribution is -2.62. The molecule has 45 heavy (non-hydrogen) atoms. The largest absolute Gasteiger partial charge is 0.488 e. The molecule has 0 spiro atoms. The molecule has 6 rings (SSSR count). The molecule has 2 bridgehead atoms. The van der Waals surface area contributed by atoms with Crippen molar-refractivity contribution in [3.63, 3.8) is 0 Å². The molecule has 3 aliphatic rings. The molecule has 0 unspecified atom stereocenters. The van der Waals surface area contributed by atoms with Gasteiger partial charge in [0, 0.05) is 44.2 Å². The van der Waals surface area contributed by atoms with Gasteiger partial charge in [-0.25, -0.2) is 8.78 Å². The lowest BCUT2D eigenvalue weighted by Gasteiger charge is -2.44. The van der Waals surface area contributed by atoms with Crippen LogP contribution in [0.15, 0.2) is 72.3 Å². The SMILES string of the molecule is CC(=O)N1C[C@H]2CC(c3ccc(CCCOc4c(F)ccc(F)c4F)cc3)=C(C(=O)N(CCc3ccccc3)C3CC3)[C@@H](C1)N2. The Balaban J connectivity index is 1.20. The summed E-state index contributed by atoms with van der Waals surface area (Å²) < 4.78 is 46.4. The van der Waals surface area contributed by atoms with E-state index in [0.29, 0.717) is 38.9 Å². The maximum atomic E-state index is 14.4. The normalized spacial score (nSPS) is 19.4. The molecule has 1 saturated carbocycles. The number of nitrogens with zero attached hydrogens (tertiary/aromatic N) is 2. The van der Waals surface area contributed by atoms with Crippen LogP contribution in [0.3, 0.4) is 0 Å². The Bertz CT molecular complexity index is 1570. The maximum absolute atomic E-state index is 14.4. The fraction of sp³-hybridized carbons (Fsp3) is 0.389. The Kier molecular flexibility index (Phi) is 9.26. The van der Waals surface area contributed by atoms with Crippen LogP contribution in [0.5, 0.6) is 5.75 Å². The number of amides is 2. The van der Waals surface area contributed by atoms with E-state index in [-0.39, 0.29) is 36.5 Å². The summed E-state index contributed by atoms with van der Waals surface area (Å²) in [7, 11) is 0. The number of hydrogen-bond donors (Lipinski definition) is 1. The maximum Gasteiger partial charge on any atom is 0.252 e. The number of carbonyl (C=O) groups excluding carboxylic acids is 2. The summed E-state index contributed by atoms with van der Waals surface area (Å²) in [5, 5.41) is 3.64. The van der Waals surface area contributed by atoms with Crippen molar-refractivity contribution in [3.05, 3.63) is 106 Å². The molecule has 2 aliphatic heterocycles. The number of fused-ring (bicyclic) bond motifs is 2. The van der Waals surface area contributed by atoms with Crippen molar-refractivity contribution in [1.82, 2.24) is 15.1 Å². The molecule has 1 aliphatic carbocycles. The van der Waals surface area contributed by atoms with Crippen LogP contribution in [0.4, 0.5) is 13.2 Å². The minimum atomic E-state index is -1.32. The highest BCUT2D eigenvalue weighted by Crippen LogP contribution is 2.37. The third kappa shape index (κ3) is 7.09. The fourth-order valence-electron chi connectivity index (χ4n) is 6.47. The van der Waals surface area contributed by atoms with Gasteiger partial charge in [0.1, 0.15) is 0 Å². The number of carbonyl (C=O) groups is 2. The minimum Gasteiger partial charge on any atom is -0.488 e. The number of aryl methyl sites for hydroxylation is 1. The molecule has 2 heterocycles. The van der Waals surface area contributed by atoms with E-state index in [9.17, 15) is 22.8 Å². The molecule has 236 valence electrons. The van der Waals surface area contributed by atoms with E-state index >= 15 is 0 Å². The van der Waals surface area contributed by atoms with E-state index in [1.165, 1.54) is 5.56 Å². The van der Waals surface area contributed by atoms with Crippen LogP contribution in [0.2, 0.25) is 0 Å². The lowest BCUT2D eigenvalue weighted by molar-refractivity contribution is -0.132. The Labute approximate surface area is 261 Å². The van der Waals surface area contributed by atoms with Gasteiger partial charge in [-0.15, -0.1) is 0 Å². The first-order chi connectivity index (χ1) is 21.8. The van der Waals surface area contributed by atoms with Crippen LogP contribution in [0.25, 0.3) is 5.57 Å². The lowest BCUT2D eigenvalue weighted by atomic mass is 9.82. The second-order valence-electron chi connectivity index (χ2n) is 12.2. The monoisotopic (exact) mass is 617 g/mol. The van der Waals surface area contributed by atoms with Gasteiger partial charge >= 0.3 is 0 Å². The summed E-state index contributed by atoms with van der Waals surface area (Å²) in [5.41, 5.74) is 4.95. The Morgan fingerprint density at radius 1 is 0.911 bits per heavy atom. The van der Waals surface area contributed by atoms with Crippen LogP contribution < -0.4 is 10.1 Å². The van der Waals surface area contributed by atoms with E-state index in [1.807, 2.05) is 52.3 Å². The van der Waals surface area contributed by atoms with Gasteiger partial charge in [-0.1, -0.05) is 54.6 Å². The van der Waals surface area contributed by atoms with Crippen molar-refractivity contribution < 1.29 is 27.5 Å². The van der Waals surface area contributed by atoms with Crippen molar-refractivity contribution in [1.29, 1.82) is 0 Å². The number of halogens is 3. The van der Waals surface area contributed by atoms with Gasteiger partial charge in [-0.2, -0.15) is 4.39 Å². The number of nitrogens with one attached hydrogen (secondary N) is 1. The Morgan fingerprint density at radius 2 is 1.62 bits per heavy atom. The summed E-state index contributed by atoms with van der Waals surface area (Å²) >= 11 is 0. The number of ether oxygens (including phenoxy) is 1. The molecule has 6 nitrogen and oxygen atoms in total. The molecule has 1 saturated heterocycles. The first-order valence-corrected chi connectivity index (χ1v) is 15.7. The van der Waals surface area contributed by atoms with Crippen LogP contribution in [0, 0.1) is 17.5 Å². The fourth-order valence-corrected chi connectivity index (χ4v) is 6.47. The van der Waals surface area contributed by atoms with E-state index in [4.69, 9.17) is 4.74 Å². The van der Waals surface area contributed by atoms with Gasteiger partial charge in [0.15, 0.2) is 17.4 Å². The van der Waals surface area contributed by atoms with E-state index < -0.39 is 23.2 Å². The van der Waals surface area contributed by atoms with Gasteiger partial charge in [-0.05, 0) is 72.9 Å². The number of piperazine rings is 1. The zero-order valence-electron chi connectivity index (χ0n) is 25.4. The molecule has 2 amide bonds. The van der Waals surface area contributed by atoms with Crippen molar-refractivity contribution in [2.24, 2.45) is 0 Å². The van der Waals surface area contributed by atoms with Gasteiger partial charge in [0.05, 0.1) is 12.6 Å². The highest BCUT2D eigenvalue weighted by atomic mass is 19.2. The van der Waals surface area contributed by atoms with E-state index in [1.54, 1.807) is 6.92 Å². The standard InChI is InChI=1S/C36H38F3N3O3/c1-23(43)41-21-27-20-29(26-11-9-25(10-12-26)8-5-19-45-35-31(38)16-15-30(37)34(35)39)33(32(22-41)40-27)36(44)42(28-13-14-28)18-17-24-6-3-2-4-7-24/h2-4,6-7,9-12,15-16,27-28,32,40H,5,8,13-14,17-22H2,1H3/t27-,32-/m1/s1. The predicted molar refractivity (Wildman–Crippen MR) is 166 cm³/mol. The van der Waals surface area contributed by atoms with Gasteiger partial charge < -0.3 is 19.9 Å². The highest BCUT2D eigenvalue weighted by molar-refractivity contribution is 6.03. The van der Waals surface area contributed by atoms with Crippen LogP contribution in [-0.2, 0) is 22.4 Å². The molecule has 3 aromatic rings. The zero-order chi connectivity index (χ0) is 31.5. The molecule has 0 aromatic heterocycles. The molecular formula is C36H38F3N3O3. The summed E-state index contributed by atoms with van der Waals surface area (Å²) in [6.45, 7) is 3.31. The molecule has 3 aromatic carbocycles. The Hall–Kier alpha value is -4.11. The second kappa shape index (κ2) is 13.5. The summed E-state index contributed by atoms with van der Waals surface area (Å²) in [6, 6.07) is 19.9. The van der Waals surface area contributed by atoms with Crippen LogP contribution in [-0.4, -0.2) is 66.0 Å². The van der Waals surface area contributed by atoms with Crippen molar-refractivity contribution in [2.75, 3.05) is 26.2 Å². The second-order valence-corrected chi connectivity index (χ2v) is 12.2. The molecule has 2 atom stereocenters. The summed E-state index contributed by atoms with van der Waals surface area (Å²) in [6.07, 6.45) is 4.49. The third-order valence-corrected chi connectivity index (χ3v) is 8.97. The van der Waals surface area contributed by atoms with Crippen molar-refractivity contribution in [3.8, 4) is 5.75 Å². The zero-order valence-corrected chi connectivity index (χ0v) is 25.4. The van der Waals surface area contributed by atoms with E-state index in [2.05, 4.69) is 17.4 Å². The van der Waals surface area contributed by atoms with Crippen LogP contribution in [0.1, 0.15) is 49.3 Å². The summed E-state index contributed by atoms with van der Waals surface area (Å²) in [4.78, 5) is 30.7. The number of benzene rings is 3. The first kappa shape index (κ1) is 30.9. The quantitative estimate of drug-likeness (QED) is 0.222. The van der Waals surface area contributed by atoms with Crippen molar-refractivity contribution in [2.45, 2.75) is 63.6 Å². The van der Waals surface area contributed by atoms with E-state index in [0.717, 1.165) is 53.7 Å². The molecule has 1 N–H and O–H groups in total. The van der Waals surface area contributed by atoms with Gasteiger partial charge in [0.25, 0.3) is 5.91 Å². The number of hydrogen-bond acceptors (Lipinski definition) is 4.